The summed E-state index contributed by atoms with van der Waals surface area (Å²) in [5, 5.41) is 1.55. The Morgan fingerprint density at radius 3 is 2.62 bits per heavy atom. The minimum Gasteiger partial charge on any atom is -0.392 e. The van der Waals surface area contributed by atoms with Crippen LogP contribution in [0.1, 0.15) is 26.2 Å². The summed E-state index contributed by atoms with van der Waals surface area (Å²) in [5.41, 5.74) is 13.4. The van der Waals surface area contributed by atoms with E-state index in [0.717, 1.165) is 50.5 Å². The Morgan fingerprint density at radius 1 is 1.23 bits per heavy atom. The lowest BCUT2D eigenvalue weighted by molar-refractivity contribution is 0.105. The summed E-state index contributed by atoms with van der Waals surface area (Å²) in [6.45, 7) is 5.41. The van der Waals surface area contributed by atoms with Gasteiger partial charge in [-0.3, -0.25) is 0 Å². The molecule has 0 bridgehead atoms. The first-order chi connectivity index (χ1) is 12.4. The van der Waals surface area contributed by atoms with Crippen molar-refractivity contribution in [3.05, 3.63) is 39.0 Å². The van der Waals surface area contributed by atoms with Crippen molar-refractivity contribution in [2.45, 2.75) is 31.1 Å². The Morgan fingerprint density at radius 2 is 1.96 bits per heavy atom. The molecule has 4 N–H and O–H groups in total. The van der Waals surface area contributed by atoms with Crippen LogP contribution in [0.4, 0.5) is 0 Å². The highest BCUT2D eigenvalue weighted by Gasteiger charge is 2.38. The van der Waals surface area contributed by atoms with E-state index in [1.165, 1.54) is 11.8 Å². The Hall–Kier alpha value is -1.08. The van der Waals surface area contributed by atoms with Gasteiger partial charge in [-0.2, -0.15) is 0 Å². The number of nitrogens with zero attached hydrogens (tertiary/aromatic N) is 2. The van der Waals surface area contributed by atoms with Gasteiger partial charge in [-0.25, -0.2) is 4.99 Å². The molecular formula is C18H24Cl2N4OS. The van der Waals surface area contributed by atoms with E-state index in [1.807, 2.05) is 19.1 Å². The molecule has 0 radical (unpaired) electrons. The molecule has 5 nitrogen and oxygen atoms in total. The third-order valence-electron chi connectivity index (χ3n) is 5.11. The van der Waals surface area contributed by atoms with Crippen LogP contribution in [0.25, 0.3) is 0 Å². The second-order valence-corrected chi connectivity index (χ2v) is 8.73. The molecule has 2 saturated heterocycles. The number of nitrogens with two attached hydrogens (primary N) is 2. The van der Waals surface area contributed by atoms with Crippen LogP contribution in [0, 0.1) is 5.41 Å². The summed E-state index contributed by atoms with van der Waals surface area (Å²) < 4.78 is 5.58. The van der Waals surface area contributed by atoms with Crippen molar-refractivity contribution in [3.63, 3.8) is 0 Å². The molecule has 2 aliphatic heterocycles. The van der Waals surface area contributed by atoms with Crippen molar-refractivity contribution in [3.8, 4) is 0 Å². The van der Waals surface area contributed by atoms with E-state index in [2.05, 4.69) is 9.89 Å². The largest absolute Gasteiger partial charge is 0.392 e. The maximum atomic E-state index is 6.22. The topological polar surface area (TPSA) is 76.9 Å². The lowest BCUT2D eigenvalue weighted by Crippen LogP contribution is -2.46. The van der Waals surface area contributed by atoms with Crippen molar-refractivity contribution < 1.29 is 4.74 Å². The molecular weight excluding hydrogens is 391 g/mol. The van der Waals surface area contributed by atoms with Gasteiger partial charge in [0.25, 0.3) is 0 Å². The van der Waals surface area contributed by atoms with Gasteiger partial charge in [0.15, 0.2) is 5.96 Å². The molecule has 8 heteroatoms. The maximum absolute atomic E-state index is 6.22. The first-order valence-electron chi connectivity index (χ1n) is 8.65. The van der Waals surface area contributed by atoms with Crippen molar-refractivity contribution >= 4 is 40.9 Å². The summed E-state index contributed by atoms with van der Waals surface area (Å²) in [6.07, 6.45) is 3.34. The third kappa shape index (κ3) is 4.42. The summed E-state index contributed by atoms with van der Waals surface area (Å²) in [5.74, 6) is 0.511. The van der Waals surface area contributed by atoms with Crippen LogP contribution in [-0.4, -0.2) is 37.2 Å². The van der Waals surface area contributed by atoms with Gasteiger partial charge >= 0.3 is 0 Å². The predicted molar refractivity (Wildman–Crippen MR) is 110 cm³/mol. The van der Waals surface area contributed by atoms with Gasteiger partial charge in [0.2, 0.25) is 0 Å². The van der Waals surface area contributed by atoms with Gasteiger partial charge in [0.05, 0.1) is 27.4 Å². The van der Waals surface area contributed by atoms with Crippen molar-refractivity contribution in [2.24, 2.45) is 21.9 Å². The lowest BCUT2D eigenvalue weighted by atomic mass is 9.78. The smallest absolute Gasteiger partial charge is 0.196 e. The molecule has 0 atom stereocenters. The molecule has 0 unspecified atom stereocenters. The van der Waals surface area contributed by atoms with E-state index in [0.29, 0.717) is 32.1 Å². The summed E-state index contributed by atoms with van der Waals surface area (Å²) in [6, 6.07) is 5.46. The van der Waals surface area contributed by atoms with E-state index in [1.54, 1.807) is 6.07 Å². The van der Waals surface area contributed by atoms with Crippen LogP contribution in [0.3, 0.4) is 0 Å². The van der Waals surface area contributed by atoms with Gasteiger partial charge in [-0.05, 0) is 43.7 Å². The number of likely N-dealkylation sites (tertiary alicyclic amines) is 1. The zero-order valence-electron chi connectivity index (χ0n) is 14.8. The zero-order valence-corrected chi connectivity index (χ0v) is 17.1. The number of halogens is 2. The lowest BCUT2D eigenvalue weighted by Gasteiger charge is -2.38. The van der Waals surface area contributed by atoms with E-state index < -0.39 is 0 Å². The number of piperidine rings is 1. The second kappa shape index (κ2) is 8.30. The highest BCUT2D eigenvalue weighted by molar-refractivity contribution is 8.03. The minimum atomic E-state index is 0.347. The van der Waals surface area contributed by atoms with E-state index >= 15 is 0 Å². The molecule has 142 valence electrons. The zero-order chi connectivity index (χ0) is 18.7. The molecule has 26 heavy (non-hydrogen) atoms. The first-order valence-corrected chi connectivity index (χ1v) is 10.2. The monoisotopic (exact) mass is 414 g/mol. The van der Waals surface area contributed by atoms with Gasteiger partial charge in [-0.1, -0.05) is 41.0 Å². The number of ether oxygens (including phenoxy) is 1. The number of thioether (sulfide) groups is 1. The van der Waals surface area contributed by atoms with Gasteiger partial charge in [-0.15, -0.1) is 0 Å². The molecule has 0 aliphatic carbocycles. The van der Waals surface area contributed by atoms with Crippen molar-refractivity contribution in [1.82, 2.24) is 4.90 Å². The molecule has 0 amide bonds. The van der Waals surface area contributed by atoms with Crippen molar-refractivity contribution in [1.29, 1.82) is 0 Å². The second-order valence-electron chi connectivity index (χ2n) is 6.86. The molecule has 3 rings (SSSR count). The average Bonchev–Trinajstić information content (AvgIpc) is 3.07. The summed E-state index contributed by atoms with van der Waals surface area (Å²) in [7, 11) is 0. The van der Waals surface area contributed by atoms with Gasteiger partial charge < -0.3 is 21.1 Å². The van der Waals surface area contributed by atoms with Crippen LogP contribution >= 0.6 is 35.0 Å². The minimum absolute atomic E-state index is 0.347. The van der Waals surface area contributed by atoms with Gasteiger partial charge in [0.1, 0.15) is 0 Å². The summed E-state index contributed by atoms with van der Waals surface area (Å²) in [4.78, 5) is 7.43. The number of hydrogen-bond acceptors (Lipinski definition) is 4. The highest BCUT2D eigenvalue weighted by Crippen LogP contribution is 2.39. The fourth-order valence-corrected chi connectivity index (χ4v) is 4.56. The Kier molecular flexibility index (Phi) is 6.28. The number of guanidine groups is 1. The van der Waals surface area contributed by atoms with Crippen LogP contribution in [0.5, 0.6) is 0 Å². The molecule has 1 aromatic carbocycles. The van der Waals surface area contributed by atoms with E-state index in [-0.39, 0.29) is 0 Å². The van der Waals surface area contributed by atoms with Crippen molar-refractivity contribution in [2.75, 3.05) is 26.3 Å². The summed E-state index contributed by atoms with van der Waals surface area (Å²) >= 11 is 13.6. The van der Waals surface area contributed by atoms with Crippen LogP contribution in [0.15, 0.2) is 38.8 Å². The SMILES string of the molecule is C/C(N=C(N)N1CCC2(CCOC2)CC1)=C(/N)Sc1cccc(Cl)c1Cl. The van der Waals surface area contributed by atoms with E-state index in [9.17, 15) is 0 Å². The fourth-order valence-electron chi connectivity index (χ4n) is 3.31. The molecule has 0 aromatic heterocycles. The Labute approximate surface area is 168 Å². The standard InChI is InChI=1S/C18H24Cl2N4OS/c1-12(16(21)26-14-4-2-3-13(19)15(14)20)23-17(22)24-8-5-18(6-9-24)7-10-25-11-18/h2-4H,5-11,21H2,1H3,(H2,22,23)/b16-12+. The van der Waals surface area contributed by atoms with Crippen LogP contribution in [0.2, 0.25) is 10.0 Å². The Bertz CT molecular complexity index is 722. The average molecular weight is 415 g/mol. The number of hydrogen-bond donors (Lipinski definition) is 2. The molecule has 2 fully saturated rings. The number of benzene rings is 1. The Balaban J connectivity index is 1.65. The predicted octanol–water partition coefficient (Wildman–Crippen LogP) is 4.05. The molecule has 2 heterocycles. The number of rotatable bonds is 3. The van der Waals surface area contributed by atoms with E-state index in [4.69, 9.17) is 39.4 Å². The van der Waals surface area contributed by atoms with Crippen LogP contribution in [-0.2, 0) is 4.74 Å². The van der Waals surface area contributed by atoms with Gasteiger partial charge in [0, 0.05) is 24.6 Å². The molecule has 2 aliphatic rings. The molecule has 0 saturated carbocycles. The number of aliphatic imine (C=N–C) groups is 1. The normalized spacial score (nSPS) is 21.2. The third-order valence-corrected chi connectivity index (χ3v) is 7.11. The van der Waals surface area contributed by atoms with Crippen LogP contribution < -0.4 is 11.5 Å². The quantitative estimate of drug-likeness (QED) is 0.443. The highest BCUT2D eigenvalue weighted by atomic mass is 35.5. The first kappa shape index (κ1) is 19.7. The fraction of sp³-hybridized carbons (Fsp3) is 0.500. The number of allylic oxidation sites excluding steroid dienone is 1. The molecule has 1 aromatic rings. The maximum Gasteiger partial charge on any atom is 0.196 e. The molecule has 1 spiro atoms.